The summed E-state index contributed by atoms with van der Waals surface area (Å²) < 4.78 is 5.87. The lowest BCUT2D eigenvalue weighted by Crippen LogP contribution is -2.50. The maximum Gasteiger partial charge on any atom is 0.263 e. The quantitative estimate of drug-likeness (QED) is 0.910. The van der Waals surface area contributed by atoms with Crippen molar-refractivity contribution >= 4 is 5.91 Å². The third-order valence-electron chi connectivity index (χ3n) is 4.54. The van der Waals surface area contributed by atoms with Crippen molar-refractivity contribution < 1.29 is 14.6 Å². The van der Waals surface area contributed by atoms with Gasteiger partial charge in [-0.25, -0.2) is 0 Å². The summed E-state index contributed by atoms with van der Waals surface area (Å²) in [4.78, 5) is 14.3. The van der Waals surface area contributed by atoms with E-state index in [1.807, 2.05) is 24.3 Å². The minimum atomic E-state index is -0.549. The molecule has 4 nitrogen and oxygen atoms in total. The van der Waals surface area contributed by atoms with E-state index in [0.29, 0.717) is 0 Å². The van der Waals surface area contributed by atoms with Gasteiger partial charge in [0.1, 0.15) is 5.75 Å². The molecule has 0 bridgehead atoms. The number of likely N-dealkylation sites (N-methyl/N-ethyl adjacent to an activating group) is 1. The van der Waals surface area contributed by atoms with Gasteiger partial charge in [-0.3, -0.25) is 4.79 Å². The molecular formula is C18H27NO3. The SMILES string of the molecule is CCc1ccccc1O[C@H](C)C(=O)N(C)[C@H]1CCCC[C@H]1O. The van der Waals surface area contributed by atoms with Gasteiger partial charge in [0.2, 0.25) is 0 Å². The third-order valence-corrected chi connectivity index (χ3v) is 4.54. The predicted octanol–water partition coefficient (Wildman–Crippen LogP) is 2.78. The van der Waals surface area contributed by atoms with Crippen molar-refractivity contribution in [2.45, 2.75) is 64.2 Å². The van der Waals surface area contributed by atoms with E-state index in [1.165, 1.54) is 0 Å². The molecular weight excluding hydrogens is 278 g/mol. The molecule has 3 atom stereocenters. The van der Waals surface area contributed by atoms with Crippen LogP contribution in [0.15, 0.2) is 24.3 Å². The fraction of sp³-hybridized carbons (Fsp3) is 0.611. The Labute approximate surface area is 133 Å². The number of rotatable bonds is 5. The van der Waals surface area contributed by atoms with E-state index in [4.69, 9.17) is 4.74 Å². The van der Waals surface area contributed by atoms with E-state index in [-0.39, 0.29) is 11.9 Å². The average Bonchev–Trinajstić information content (AvgIpc) is 2.54. The van der Waals surface area contributed by atoms with Crippen LogP contribution in [0, 0.1) is 0 Å². The van der Waals surface area contributed by atoms with E-state index in [9.17, 15) is 9.90 Å². The molecule has 1 fully saturated rings. The molecule has 1 aromatic carbocycles. The second kappa shape index (κ2) is 7.63. The molecule has 1 saturated carbocycles. The van der Waals surface area contributed by atoms with Gasteiger partial charge in [-0.05, 0) is 37.8 Å². The average molecular weight is 305 g/mol. The van der Waals surface area contributed by atoms with Crippen LogP contribution in [0.1, 0.15) is 45.1 Å². The number of aryl methyl sites for hydroxylation is 1. The van der Waals surface area contributed by atoms with Crippen molar-refractivity contribution in [3.63, 3.8) is 0 Å². The predicted molar refractivity (Wildman–Crippen MR) is 86.9 cm³/mol. The van der Waals surface area contributed by atoms with Crippen molar-refractivity contribution in [2.24, 2.45) is 0 Å². The van der Waals surface area contributed by atoms with Crippen molar-refractivity contribution in [3.8, 4) is 5.75 Å². The molecule has 22 heavy (non-hydrogen) atoms. The first kappa shape index (κ1) is 16.8. The lowest BCUT2D eigenvalue weighted by Gasteiger charge is -2.36. The second-order valence-electron chi connectivity index (χ2n) is 6.09. The first-order valence-electron chi connectivity index (χ1n) is 8.24. The molecule has 1 aliphatic carbocycles. The summed E-state index contributed by atoms with van der Waals surface area (Å²) in [5.41, 5.74) is 1.10. The van der Waals surface area contributed by atoms with Crippen LogP contribution >= 0.6 is 0 Å². The van der Waals surface area contributed by atoms with Gasteiger partial charge in [0.15, 0.2) is 6.10 Å². The zero-order chi connectivity index (χ0) is 16.1. The van der Waals surface area contributed by atoms with Gasteiger partial charge in [-0.1, -0.05) is 38.0 Å². The van der Waals surface area contributed by atoms with Gasteiger partial charge < -0.3 is 14.7 Å². The number of ether oxygens (including phenoxy) is 1. The van der Waals surface area contributed by atoms with Gasteiger partial charge in [0.25, 0.3) is 5.91 Å². The Morgan fingerprint density at radius 1 is 1.36 bits per heavy atom. The maximum atomic E-state index is 12.6. The first-order chi connectivity index (χ1) is 10.5. The zero-order valence-corrected chi connectivity index (χ0v) is 13.8. The Hall–Kier alpha value is -1.55. The Bertz CT molecular complexity index is 503. The van der Waals surface area contributed by atoms with E-state index in [1.54, 1.807) is 18.9 Å². The van der Waals surface area contributed by atoms with Gasteiger partial charge >= 0.3 is 0 Å². The van der Waals surface area contributed by atoms with E-state index < -0.39 is 12.2 Å². The van der Waals surface area contributed by atoms with E-state index in [0.717, 1.165) is 43.4 Å². The molecule has 4 heteroatoms. The van der Waals surface area contributed by atoms with Crippen molar-refractivity contribution in [3.05, 3.63) is 29.8 Å². The number of aliphatic hydroxyl groups is 1. The standard InChI is InChI=1S/C18H27NO3/c1-4-14-9-5-8-12-17(14)22-13(2)18(21)19(3)15-10-6-7-11-16(15)20/h5,8-9,12-13,15-16,20H,4,6-7,10-11H2,1-3H3/t13-,15+,16-/m1/s1. The Morgan fingerprint density at radius 2 is 2.05 bits per heavy atom. The fourth-order valence-corrected chi connectivity index (χ4v) is 3.15. The third kappa shape index (κ3) is 3.80. The summed E-state index contributed by atoms with van der Waals surface area (Å²) in [5.74, 6) is 0.695. The van der Waals surface area contributed by atoms with Crippen LogP contribution in [-0.4, -0.2) is 41.2 Å². The number of para-hydroxylation sites is 1. The molecule has 1 aliphatic rings. The highest BCUT2D eigenvalue weighted by Crippen LogP contribution is 2.24. The van der Waals surface area contributed by atoms with Gasteiger partial charge in [-0.2, -0.15) is 0 Å². The van der Waals surface area contributed by atoms with Crippen LogP contribution in [0.3, 0.4) is 0 Å². The molecule has 1 N–H and O–H groups in total. The summed E-state index contributed by atoms with van der Waals surface area (Å²) in [6.45, 7) is 3.85. The van der Waals surface area contributed by atoms with Crippen LogP contribution in [0.25, 0.3) is 0 Å². The lowest BCUT2D eigenvalue weighted by molar-refractivity contribution is -0.142. The van der Waals surface area contributed by atoms with Gasteiger partial charge in [0.05, 0.1) is 12.1 Å². The highest BCUT2D eigenvalue weighted by Gasteiger charge is 2.32. The lowest BCUT2D eigenvalue weighted by atomic mass is 9.91. The first-order valence-corrected chi connectivity index (χ1v) is 8.24. The smallest absolute Gasteiger partial charge is 0.263 e. The van der Waals surface area contributed by atoms with Gasteiger partial charge in [-0.15, -0.1) is 0 Å². The maximum absolute atomic E-state index is 12.6. The monoisotopic (exact) mass is 305 g/mol. The summed E-state index contributed by atoms with van der Waals surface area (Å²) in [6, 6.07) is 7.72. The van der Waals surface area contributed by atoms with Crippen LogP contribution < -0.4 is 4.74 Å². The number of amides is 1. The molecule has 0 heterocycles. The largest absolute Gasteiger partial charge is 0.481 e. The van der Waals surface area contributed by atoms with Crippen LogP contribution in [0.2, 0.25) is 0 Å². The van der Waals surface area contributed by atoms with Crippen molar-refractivity contribution in [1.82, 2.24) is 4.90 Å². The molecule has 0 aromatic heterocycles. The Kier molecular flexibility index (Phi) is 5.83. The highest BCUT2D eigenvalue weighted by atomic mass is 16.5. The number of hydrogen-bond donors (Lipinski definition) is 1. The molecule has 1 aromatic rings. The Balaban J connectivity index is 2.02. The molecule has 0 aliphatic heterocycles. The highest BCUT2D eigenvalue weighted by molar-refractivity contribution is 5.81. The van der Waals surface area contributed by atoms with Crippen LogP contribution in [0.5, 0.6) is 5.75 Å². The number of hydrogen-bond acceptors (Lipinski definition) is 3. The molecule has 0 saturated heterocycles. The number of nitrogens with zero attached hydrogens (tertiary/aromatic N) is 1. The van der Waals surface area contributed by atoms with E-state index in [2.05, 4.69) is 6.92 Å². The summed E-state index contributed by atoms with van der Waals surface area (Å²) >= 11 is 0. The molecule has 0 spiro atoms. The normalized spacial score (nSPS) is 22.9. The molecule has 2 rings (SSSR count). The summed E-state index contributed by atoms with van der Waals surface area (Å²) in [6.07, 6.45) is 3.64. The minimum absolute atomic E-state index is 0.0724. The second-order valence-corrected chi connectivity index (χ2v) is 6.09. The minimum Gasteiger partial charge on any atom is -0.481 e. The number of aliphatic hydroxyl groups excluding tert-OH is 1. The number of benzene rings is 1. The zero-order valence-electron chi connectivity index (χ0n) is 13.8. The summed E-state index contributed by atoms with van der Waals surface area (Å²) in [7, 11) is 1.77. The summed E-state index contributed by atoms with van der Waals surface area (Å²) in [5, 5.41) is 10.1. The van der Waals surface area contributed by atoms with Gasteiger partial charge in [0, 0.05) is 7.05 Å². The molecule has 122 valence electrons. The van der Waals surface area contributed by atoms with Crippen molar-refractivity contribution in [2.75, 3.05) is 7.05 Å². The molecule has 0 radical (unpaired) electrons. The molecule has 0 unspecified atom stereocenters. The molecule has 1 amide bonds. The fourth-order valence-electron chi connectivity index (χ4n) is 3.15. The number of carbonyl (C=O) groups excluding carboxylic acids is 1. The van der Waals surface area contributed by atoms with Crippen LogP contribution in [0.4, 0.5) is 0 Å². The topological polar surface area (TPSA) is 49.8 Å². The Morgan fingerprint density at radius 3 is 2.73 bits per heavy atom. The van der Waals surface area contributed by atoms with Crippen LogP contribution in [-0.2, 0) is 11.2 Å². The van der Waals surface area contributed by atoms with Crippen molar-refractivity contribution in [1.29, 1.82) is 0 Å². The van der Waals surface area contributed by atoms with E-state index >= 15 is 0 Å². The number of carbonyl (C=O) groups is 1.